The summed E-state index contributed by atoms with van der Waals surface area (Å²) in [5.41, 5.74) is 1.20. The van der Waals surface area contributed by atoms with Crippen molar-refractivity contribution in [2.24, 2.45) is 0 Å². The first-order valence-corrected chi connectivity index (χ1v) is 6.08. The number of carbonyl (C=O) groups is 1. The lowest BCUT2D eigenvalue weighted by Crippen LogP contribution is -1.99. The quantitative estimate of drug-likeness (QED) is 0.866. The Bertz CT molecular complexity index is 644. The van der Waals surface area contributed by atoms with Gasteiger partial charge in [0.25, 0.3) is 0 Å². The maximum absolute atomic E-state index is 10.7. The van der Waals surface area contributed by atoms with Crippen molar-refractivity contribution in [3.63, 3.8) is 0 Å². The van der Waals surface area contributed by atoms with Crippen molar-refractivity contribution < 1.29 is 9.90 Å². The molecule has 0 saturated heterocycles. The molecule has 0 bridgehead atoms. The van der Waals surface area contributed by atoms with Crippen LogP contribution in [0.25, 0.3) is 10.9 Å². The second-order valence-electron chi connectivity index (χ2n) is 3.98. The van der Waals surface area contributed by atoms with Gasteiger partial charge in [0.15, 0.2) is 0 Å². The Hall–Kier alpha value is -1.45. The summed E-state index contributed by atoms with van der Waals surface area (Å²) in [6.07, 6.45) is 3.51. The molecule has 1 aromatic carbocycles. The van der Waals surface area contributed by atoms with Crippen LogP contribution in [0.4, 0.5) is 0 Å². The Balaban J connectivity index is 2.41. The van der Waals surface area contributed by atoms with E-state index in [0.29, 0.717) is 22.2 Å². The van der Waals surface area contributed by atoms with Crippen molar-refractivity contribution in [2.75, 3.05) is 0 Å². The summed E-state index contributed by atoms with van der Waals surface area (Å²) in [4.78, 5) is 10.7. The van der Waals surface area contributed by atoms with Crippen LogP contribution >= 0.6 is 23.2 Å². The van der Waals surface area contributed by atoms with E-state index in [-0.39, 0.29) is 0 Å². The standard InChI is InChI=1S/C13H11Cl2NO2/c1-8(13(17)18)2-4-16-5-3-10-11(15)6-9(14)7-12(10)16/h2-3,5-7H,4H2,1H3,(H,17,18)/b8-2-. The molecule has 0 aliphatic rings. The fraction of sp³-hybridized carbons (Fsp3) is 0.154. The molecule has 5 heteroatoms. The van der Waals surface area contributed by atoms with Crippen LogP contribution in [-0.4, -0.2) is 15.6 Å². The second kappa shape index (κ2) is 5.04. The highest BCUT2D eigenvalue weighted by molar-refractivity contribution is 6.38. The number of hydrogen-bond acceptors (Lipinski definition) is 1. The van der Waals surface area contributed by atoms with Gasteiger partial charge in [-0.05, 0) is 25.1 Å². The number of allylic oxidation sites excluding steroid dienone is 1. The molecule has 18 heavy (non-hydrogen) atoms. The van der Waals surface area contributed by atoms with Gasteiger partial charge in [-0.3, -0.25) is 0 Å². The average Bonchev–Trinajstić information content (AvgIpc) is 2.69. The molecule has 3 nitrogen and oxygen atoms in total. The monoisotopic (exact) mass is 283 g/mol. The van der Waals surface area contributed by atoms with E-state index in [2.05, 4.69) is 0 Å². The topological polar surface area (TPSA) is 42.2 Å². The highest BCUT2D eigenvalue weighted by atomic mass is 35.5. The van der Waals surface area contributed by atoms with Crippen LogP contribution in [0.15, 0.2) is 36.0 Å². The van der Waals surface area contributed by atoms with Crippen LogP contribution in [0, 0.1) is 0 Å². The fourth-order valence-electron chi connectivity index (χ4n) is 1.70. The van der Waals surface area contributed by atoms with Crippen molar-refractivity contribution in [3.05, 3.63) is 46.1 Å². The first kappa shape index (κ1) is 13.0. The maximum Gasteiger partial charge on any atom is 0.331 e. The fourth-order valence-corrected chi connectivity index (χ4v) is 2.25. The number of carboxylic acid groups (broad SMARTS) is 1. The predicted molar refractivity (Wildman–Crippen MR) is 73.4 cm³/mol. The van der Waals surface area contributed by atoms with E-state index in [1.165, 1.54) is 0 Å². The van der Waals surface area contributed by atoms with Gasteiger partial charge in [-0.15, -0.1) is 0 Å². The number of aromatic nitrogens is 1. The van der Waals surface area contributed by atoms with Gasteiger partial charge in [0.2, 0.25) is 0 Å². The van der Waals surface area contributed by atoms with E-state index in [9.17, 15) is 4.79 Å². The van der Waals surface area contributed by atoms with Gasteiger partial charge in [-0.25, -0.2) is 4.79 Å². The summed E-state index contributed by atoms with van der Waals surface area (Å²) in [6, 6.07) is 5.39. The SMILES string of the molecule is C/C(=C/Cn1ccc2c(Cl)cc(Cl)cc21)C(=O)O. The van der Waals surface area contributed by atoms with Gasteiger partial charge in [0.05, 0.1) is 10.5 Å². The molecule has 2 aromatic rings. The van der Waals surface area contributed by atoms with E-state index >= 15 is 0 Å². The van der Waals surface area contributed by atoms with E-state index < -0.39 is 5.97 Å². The normalized spacial score (nSPS) is 12.1. The molecule has 94 valence electrons. The zero-order chi connectivity index (χ0) is 13.3. The van der Waals surface area contributed by atoms with Gasteiger partial charge in [0.1, 0.15) is 0 Å². The van der Waals surface area contributed by atoms with Gasteiger partial charge >= 0.3 is 5.97 Å². The predicted octanol–water partition coefficient (Wildman–Crippen LogP) is 3.98. The third-order valence-corrected chi connectivity index (χ3v) is 3.27. The summed E-state index contributed by atoms with van der Waals surface area (Å²) < 4.78 is 1.90. The van der Waals surface area contributed by atoms with Crippen molar-refractivity contribution in [1.82, 2.24) is 4.57 Å². The average molecular weight is 284 g/mol. The van der Waals surface area contributed by atoms with Crippen LogP contribution in [-0.2, 0) is 11.3 Å². The van der Waals surface area contributed by atoms with Crippen molar-refractivity contribution in [2.45, 2.75) is 13.5 Å². The van der Waals surface area contributed by atoms with Gasteiger partial charge in [-0.1, -0.05) is 29.3 Å². The molecule has 0 unspecified atom stereocenters. The summed E-state index contributed by atoms with van der Waals surface area (Å²) in [5, 5.41) is 10.9. The van der Waals surface area contributed by atoms with E-state index in [4.69, 9.17) is 28.3 Å². The molecule has 0 aliphatic heterocycles. The number of rotatable bonds is 3. The number of carboxylic acids is 1. The molecule has 1 aromatic heterocycles. The molecule has 1 N–H and O–H groups in total. The summed E-state index contributed by atoms with van der Waals surface area (Å²) in [5.74, 6) is -0.914. The Kier molecular flexibility index (Phi) is 3.64. The summed E-state index contributed by atoms with van der Waals surface area (Å²) in [6.45, 7) is 2.03. The third-order valence-electron chi connectivity index (χ3n) is 2.73. The molecular weight excluding hydrogens is 273 g/mol. The minimum atomic E-state index is -0.914. The Labute approximate surface area is 114 Å². The molecular formula is C13H11Cl2NO2. The zero-order valence-corrected chi connectivity index (χ0v) is 11.2. The summed E-state index contributed by atoms with van der Waals surface area (Å²) in [7, 11) is 0. The van der Waals surface area contributed by atoms with E-state index in [1.807, 2.05) is 22.9 Å². The maximum atomic E-state index is 10.7. The lowest BCUT2D eigenvalue weighted by Gasteiger charge is -2.03. The van der Waals surface area contributed by atoms with Crippen molar-refractivity contribution >= 4 is 40.1 Å². The molecule has 0 saturated carbocycles. The third kappa shape index (κ3) is 2.52. The molecule has 0 fully saturated rings. The Morgan fingerprint density at radius 1 is 1.44 bits per heavy atom. The molecule has 0 aliphatic carbocycles. The Morgan fingerprint density at radius 3 is 2.83 bits per heavy atom. The summed E-state index contributed by atoms with van der Waals surface area (Å²) >= 11 is 12.0. The molecule has 0 amide bonds. The van der Waals surface area contributed by atoms with Crippen molar-refractivity contribution in [1.29, 1.82) is 0 Å². The van der Waals surface area contributed by atoms with Crippen LogP contribution in [0.5, 0.6) is 0 Å². The van der Waals surface area contributed by atoms with Gasteiger partial charge in [0, 0.05) is 28.7 Å². The largest absolute Gasteiger partial charge is 0.478 e. The first-order chi connectivity index (χ1) is 8.49. The number of fused-ring (bicyclic) bond motifs is 1. The van der Waals surface area contributed by atoms with Crippen LogP contribution in [0.3, 0.4) is 0 Å². The number of nitrogens with zero attached hydrogens (tertiary/aromatic N) is 1. The number of benzene rings is 1. The molecule has 0 atom stereocenters. The van der Waals surface area contributed by atoms with Gasteiger partial charge in [-0.2, -0.15) is 0 Å². The lowest BCUT2D eigenvalue weighted by molar-refractivity contribution is -0.132. The number of hydrogen-bond donors (Lipinski definition) is 1. The lowest BCUT2D eigenvalue weighted by atomic mass is 10.2. The smallest absolute Gasteiger partial charge is 0.331 e. The Morgan fingerprint density at radius 2 is 2.17 bits per heavy atom. The second-order valence-corrected chi connectivity index (χ2v) is 4.82. The molecule has 0 spiro atoms. The van der Waals surface area contributed by atoms with Gasteiger partial charge < -0.3 is 9.67 Å². The van der Waals surface area contributed by atoms with Crippen LogP contribution in [0.2, 0.25) is 10.0 Å². The highest BCUT2D eigenvalue weighted by Gasteiger charge is 2.06. The van der Waals surface area contributed by atoms with E-state index in [1.54, 1.807) is 19.1 Å². The molecule has 2 rings (SSSR count). The minimum Gasteiger partial charge on any atom is -0.478 e. The molecule has 1 heterocycles. The zero-order valence-electron chi connectivity index (χ0n) is 9.65. The van der Waals surface area contributed by atoms with Crippen LogP contribution < -0.4 is 0 Å². The number of halogens is 2. The van der Waals surface area contributed by atoms with Crippen LogP contribution in [0.1, 0.15) is 6.92 Å². The molecule has 0 radical (unpaired) electrons. The van der Waals surface area contributed by atoms with E-state index in [0.717, 1.165) is 10.9 Å². The highest BCUT2D eigenvalue weighted by Crippen LogP contribution is 2.28. The minimum absolute atomic E-state index is 0.310. The number of aliphatic carboxylic acids is 1. The first-order valence-electron chi connectivity index (χ1n) is 5.33. The van der Waals surface area contributed by atoms with Crippen molar-refractivity contribution in [3.8, 4) is 0 Å².